The van der Waals surface area contributed by atoms with Gasteiger partial charge in [-0.3, -0.25) is 4.98 Å². The molecule has 1 fully saturated rings. The molecular weight excluding hydrogens is 326 g/mol. The Bertz CT molecular complexity index is 1140. The van der Waals surface area contributed by atoms with Crippen molar-refractivity contribution in [3.63, 3.8) is 0 Å². The van der Waals surface area contributed by atoms with E-state index < -0.39 is 0 Å². The van der Waals surface area contributed by atoms with Gasteiger partial charge in [-0.15, -0.1) is 0 Å². The van der Waals surface area contributed by atoms with Crippen LogP contribution in [0.4, 0.5) is 11.5 Å². The fourth-order valence-corrected chi connectivity index (χ4v) is 3.64. The lowest BCUT2D eigenvalue weighted by Crippen LogP contribution is -2.07. The summed E-state index contributed by atoms with van der Waals surface area (Å²) < 4.78 is 0. The Labute approximate surface area is 149 Å². The molecule has 0 saturated carbocycles. The van der Waals surface area contributed by atoms with Crippen LogP contribution in [0.3, 0.4) is 0 Å². The fraction of sp³-hybridized carbons (Fsp3) is 0.211. The quantitative estimate of drug-likeness (QED) is 0.457. The van der Waals surface area contributed by atoms with E-state index in [1.807, 2.05) is 18.3 Å². The van der Waals surface area contributed by atoms with Crippen LogP contribution in [0.25, 0.3) is 22.1 Å². The highest BCUT2D eigenvalue weighted by molar-refractivity contribution is 5.85. The van der Waals surface area contributed by atoms with Crippen LogP contribution in [0, 0.1) is 11.3 Å². The van der Waals surface area contributed by atoms with E-state index >= 15 is 0 Å². The molecule has 128 valence electrons. The molecule has 5 heterocycles. The third-order valence-corrected chi connectivity index (χ3v) is 4.98. The molecule has 5 rings (SSSR count). The summed E-state index contributed by atoms with van der Waals surface area (Å²) in [6, 6.07) is 7.97. The number of aromatic nitrogens is 4. The Kier molecular flexibility index (Phi) is 3.37. The Morgan fingerprint density at radius 3 is 3.04 bits per heavy atom. The highest BCUT2D eigenvalue weighted by Crippen LogP contribution is 2.30. The molecular formula is C19H17N7. The monoisotopic (exact) mass is 343 g/mol. The number of hydrogen-bond donors (Lipinski definition) is 4. The van der Waals surface area contributed by atoms with E-state index in [1.165, 1.54) is 5.56 Å². The highest BCUT2D eigenvalue weighted by atomic mass is 15.0. The number of pyridine rings is 2. The molecule has 0 aliphatic carbocycles. The van der Waals surface area contributed by atoms with Gasteiger partial charge < -0.3 is 20.6 Å². The number of hydrogen-bond acceptors (Lipinski definition) is 5. The van der Waals surface area contributed by atoms with Crippen molar-refractivity contribution in [3.8, 4) is 6.07 Å². The Morgan fingerprint density at radius 2 is 2.19 bits per heavy atom. The van der Waals surface area contributed by atoms with E-state index in [0.717, 1.165) is 41.6 Å². The maximum atomic E-state index is 9.08. The van der Waals surface area contributed by atoms with Gasteiger partial charge in [-0.1, -0.05) is 0 Å². The lowest BCUT2D eigenvalue weighted by atomic mass is 10.0. The summed E-state index contributed by atoms with van der Waals surface area (Å²) in [5.74, 6) is 1.23. The molecule has 1 atom stereocenters. The third kappa shape index (κ3) is 2.39. The van der Waals surface area contributed by atoms with Gasteiger partial charge in [-0.05, 0) is 31.2 Å². The van der Waals surface area contributed by atoms with Crippen LogP contribution in [0.15, 0.2) is 36.8 Å². The number of fused-ring (bicyclic) bond motifs is 2. The SMILES string of the molecule is N#Cc1c[nH]c2nc(Nc3cnc4c(C5CCNC5)c[nH]c4c3)ccc12. The van der Waals surface area contributed by atoms with Crippen molar-refractivity contribution in [1.29, 1.82) is 5.26 Å². The van der Waals surface area contributed by atoms with Crippen molar-refractivity contribution in [1.82, 2.24) is 25.3 Å². The second kappa shape index (κ2) is 5.86. The van der Waals surface area contributed by atoms with Gasteiger partial charge in [-0.25, -0.2) is 4.98 Å². The van der Waals surface area contributed by atoms with Gasteiger partial charge in [0.05, 0.1) is 28.5 Å². The van der Waals surface area contributed by atoms with Gasteiger partial charge in [-0.2, -0.15) is 5.26 Å². The molecule has 0 aromatic carbocycles. The van der Waals surface area contributed by atoms with Crippen molar-refractivity contribution in [2.45, 2.75) is 12.3 Å². The number of anilines is 2. The molecule has 0 amide bonds. The first kappa shape index (κ1) is 14.9. The summed E-state index contributed by atoms with van der Waals surface area (Å²) in [7, 11) is 0. The first-order valence-electron chi connectivity index (χ1n) is 8.65. The average Bonchev–Trinajstić information content (AvgIpc) is 3.39. The first-order valence-corrected chi connectivity index (χ1v) is 8.65. The largest absolute Gasteiger partial charge is 0.359 e. The first-order chi connectivity index (χ1) is 12.8. The van der Waals surface area contributed by atoms with E-state index in [4.69, 9.17) is 5.26 Å². The minimum Gasteiger partial charge on any atom is -0.359 e. The number of nitrogens with zero attached hydrogens (tertiary/aromatic N) is 3. The predicted octanol–water partition coefficient (Wildman–Crippen LogP) is 3.13. The molecule has 26 heavy (non-hydrogen) atoms. The van der Waals surface area contributed by atoms with Gasteiger partial charge in [0, 0.05) is 35.8 Å². The van der Waals surface area contributed by atoms with Crippen LogP contribution >= 0.6 is 0 Å². The van der Waals surface area contributed by atoms with Crippen molar-refractivity contribution >= 4 is 33.6 Å². The molecule has 1 aliphatic rings. The minimum atomic E-state index is 0.529. The summed E-state index contributed by atoms with van der Waals surface area (Å²) in [5, 5.41) is 16.6. The molecule has 7 nitrogen and oxygen atoms in total. The topological polar surface area (TPSA) is 105 Å². The highest BCUT2D eigenvalue weighted by Gasteiger charge is 2.20. The fourth-order valence-electron chi connectivity index (χ4n) is 3.64. The molecule has 1 aliphatic heterocycles. The summed E-state index contributed by atoms with van der Waals surface area (Å²) in [4.78, 5) is 15.6. The van der Waals surface area contributed by atoms with Crippen LogP contribution in [-0.4, -0.2) is 33.0 Å². The second-order valence-corrected chi connectivity index (χ2v) is 6.59. The van der Waals surface area contributed by atoms with E-state index in [-0.39, 0.29) is 0 Å². The zero-order chi connectivity index (χ0) is 17.5. The maximum Gasteiger partial charge on any atom is 0.141 e. The molecule has 7 heteroatoms. The van der Waals surface area contributed by atoms with Crippen LogP contribution < -0.4 is 10.6 Å². The standard InChI is InChI=1S/C19H17N7/c20-6-12-8-24-19-14(12)1-2-17(26-19)25-13-5-16-18(23-9-13)15(10-22-16)11-3-4-21-7-11/h1-2,5,8-11,21-22H,3-4,7H2,(H2,24,25,26). The normalized spacial score (nSPS) is 17.0. The summed E-state index contributed by atoms with van der Waals surface area (Å²) in [6.45, 7) is 2.08. The Balaban J connectivity index is 1.45. The van der Waals surface area contributed by atoms with Gasteiger partial charge in [0.1, 0.15) is 17.5 Å². The number of aromatic amines is 2. The van der Waals surface area contributed by atoms with E-state index in [2.05, 4.69) is 48.9 Å². The second-order valence-electron chi connectivity index (χ2n) is 6.59. The molecule has 0 bridgehead atoms. The lowest BCUT2D eigenvalue weighted by Gasteiger charge is -2.08. The Morgan fingerprint density at radius 1 is 1.23 bits per heavy atom. The summed E-state index contributed by atoms with van der Waals surface area (Å²) in [5.41, 5.74) is 5.50. The van der Waals surface area contributed by atoms with Gasteiger partial charge >= 0.3 is 0 Å². The van der Waals surface area contributed by atoms with Gasteiger partial charge in [0.15, 0.2) is 0 Å². The van der Waals surface area contributed by atoms with Crippen molar-refractivity contribution in [3.05, 3.63) is 47.9 Å². The molecule has 0 radical (unpaired) electrons. The van der Waals surface area contributed by atoms with E-state index in [1.54, 1.807) is 6.20 Å². The van der Waals surface area contributed by atoms with Crippen molar-refractivity contribution < 1.29 is 0 Å². The maximum absolute atomic E-state index is 9.08. The predicted molar refractivity (Wildman–Crippen MR) is 100 cm³/mol. The van der Waals surface area contributed by atoms with Crippen LogP contribution in [0.2, 0.25) is 0 Å². The van der Waals surface area contributed by atoms with Gasteiger partial charge in [0.2, 0.25) is 0 Å². The van der Waals surface area contributed by atoms with E-state index in [9.17, 15) is 0 Å². The van der Waals surface area contributed by atoms with Crippen LogP contribution in [-0.2, 0) is 0 Å². The zero-order valence-electron chi connectivity index (χ0n) is 14.0. The van der Waals surface area contributed by atoms with Gasteiger partial charge in [0.25, 0.3) is 0 Å². The van der Waals surface area contributed by atoms with E-state index in [0.29, 0.717) is 22.9 Å². The van der Waals surface area contributed by atoms with Crippen LogP contribution in [0.5, 0.6) is 0 Å². The summed E-state index contributed by atoms with van der Waals surface area (Å²) >= 11 is 0. The van der Waals surface area contributed by atoms with Crippen molar-refractivity contribution in [2.75, 3.05) is 18.4 Å². The molecule has 1 unspecified atom stereocenters. The molecule has 1 saturated heterocycles. The smallest absolute Gasteiger partial charge is 0.141 e. The lowest BCUT2D eigenvalue weighted by molar-refractivity contribution is 0.768. The number of H-pyrrole nitrogens is 2. The van der Waals surface area contributed by atoms with Crippen molar-refractivity contribution in [2.24, 2.45) is 0 Å². The molecule has 4 N–H and O–H groups in total. The molecule has 4 aromatic rings. The molecule has 4 aromatic heterocycles. The number of nitriles is 1. The number of rotatable bonds is 3. The Hall–Kier alpha value is -3.37. The number of nitrogens with one attached hydrogen (secondary N) is 4. The molecule has 0 spiro atoms. The average molecular weight is 343 g/mol. The summed E-state index contributed by atoms with van der Waals surface area (Å²) in [6.07, 6.45) is 6.74. The van der Waals surface area contributed by atoms with Crippen LogP contribution in [0.1, 0.15) is 23.5 Å². The minimum absolute atomic E-state index is 0.529. The third-order valence-electron chi connectivity index (χ3n) is 4.98. The zero-order valence-corrected chi connectivity index (χ0v) is 14.0.